The van der Waals surface area contributed by atoms with Crippen molar-refractivity contribution in [3.05, 3.63) is 40.5 Å². The number of fused-ring (bicyclic) bond motifs is 1. The monoisotopic (exact) mass is 304 g/mol. The summed E-state index contributed by atoms with van der Waals surface area (Å²) in [7, 11) is 0. The fourth-order valence-corrected chi connectivity index (χ4v) is 3.40. The van der Waals surface area contributed by atoms with Gasteiger partial charge in [0.2, 0.25) is 0 Å². The van der Waals surface area contributed by atoms with Crippen LogP contribution in [-0.2, 0) is 6.54 Å². The lowest BCUT2D eigenvalue weighted by molar-refractivity contribution is -0.0184. The Hall–Kier alpha value is -1.16. The largest absolute Gasteiger partial charge is 0.389 e. The maximum Gasteiger partial charge on any atom is 0.0746 e. The van der Waals surface area contributed by atoms with Crippen molar-refractivity contribution in [1.82, 2.24) is 9.88 Å². The van der Waals surface area contributed by atoms with Gasteiger partial charge in [0.15, 0.2) is 0 Å². The number of likely N-dealkylation sites (tertiary alicyclic amines) is 1. The van der Waals surface area contributed by atoms with E-state index in [1.807, 2.05) is 32.0 Å². The molecule has 0 aliphatic carbocycles. The zero-order chi connectivity index (χ0) is 15.0. The van der Waals surface area contributed by atoms with E-state index in [4.69, 9.17) is 16.6 Å². The topological polar surface area (TPSA) is 36.4 Å². The molecule has 0 spiro atoms. The smallest absolute Gasteiger partial charge is 0.0746 e. The average molecular weight is 305 g/mol. The van der Waals surface area contributed by atoms with Crippen LogP contribution in [0.4, 0.5) is 0 Å². The molecule has 1 saturated heterocycles. The molecule has 1 N–H and O–H groups in total. The van der Waals surface area contributed by atoms with E-state index in [1.165, 1.54) is 0 Å². The number of aromatic nitrogens is 1. The summed E-state index contributed by atoms with van der Waals surface area (Å²) in [4.78, 5) is 6.96. The Morgan fingerprint density at radius 2 is 2.14 bits per heavy atom. The highest BCUT2D eigenvalue weighted by molar-refractivity contribution is 6.32. The molecule has 0 bridgehead atoms. The number of nitrogens with zero attached hydrogens (tertiary/aromatic N) is 2. The van der Waals surface area contributed by atoms with Gasteiger partial charge in [-0.15, -0.1) is 0 Å². The first-order chi connectivity index (χ1) is 9.96. The van der Waals surface area contributed by atoms with Gasteiger partial charge in [-0.05, 0) is 44.9 Å². The molecule has 4 heteroatoms. The number of hydrogen-bond acceptors (Lipinski definition) is 3. The van der Waals surface area contributed by atoms with Crippen LogP contribution in [0.25, 0.3) is 10.9 Å². The highest BCUT2D eigenvalue weighted by Gasteiger charge is 2.28. The van der Waals surface area contributed by atoms with E-state index in [9.17, 15) is 5.11 Å². The third kappa shape index (κ3) is 3.05. The number of piperidine rings is 1. The zero-order valence-electron chi connectivity index (χ0n) is 12.6. The number of aliphatic hydroxyl groups is 1. The molecule has 112 valence electrons. The first-order valence-electron chi connectivity index (χ1n) is 7.45. The van der Waals surface area contributed by atoms with E-state index in [0.29, 0.717) is 13.1 Å². The molecule has 1 aliphatic rings. The highest BCUT2D eigenvalue weighted by Crippen LogP contribution is 2.29. The summed E-state index contributed by atoms with van der Waals surface area (Å²) in [5.41, 5.74) is 2.38. The van der Waals surface area contributed by atoms with Crippen LogP contribution in [0.2, 0.25) is 5.02 Å². The molecule has 2 heterocycles. The van der Waals surface area contributed by atoms with Crippen LogP contribution in [-0.4, -0.2) is 33.7 Å². The van der Waals surface area contributed by atoms with Crippen molar-refractivity contribution in [2.75, 3.05) is 13.1 Å². The second-order valence-electron chi connectivity index (χ2n) is 6.33. The second kappa shape index (κ2) is 5.56. The van der Waals surface area contributed by atoms with Gasteiger partial charge in [-0.2, -0.15) is 0 Å². The van der Waals surface area contributed by atoms with E-state index in [0.717, 1.165) is 46.6 Å². The standard InChI is InChI=1S/C17H21ClN2O/c1-12-13-6-3-4-7-14(13)19-15(16(12)18)10-20-9-5-8-17(2,21)11-20/h3-4,6-7,21H,5,8-11H2,1-2H3. The fourth-order valence-electron chi connectivity index (χ4n) is 3.19. The van der Waals surface area contributed by atoms with Gasteiger partial charge < -0.3 is 5.11 Å². The SMILES string of the molecule is Cc1c(Cl)c(CN2CCCC(C)(O)C2)nc2ccccc12. The number of rotatable bonds is 2. The van der Waals surface area contributed by atoms with Crippen LogP contribution in [0.15, 0.2) is 24.3 Å². The molecule has 0 radical (unpaired) electrons. The maximum absolute atomic E-state index is 10.2. The number of halogens is 1. The van der Waals surface area contributed by atoms with Crippen LogP contribution >= 0.6 is 11.6 Å². The van der Waals surface area contributed by atoms with Gasteiger partial charge in [0, 0.05) is 18.5 Å². The van der Waals surface area contributed by atoms with Gasteiger partial charge in [0.1, 0.15) is 0 Å². The molecule has 3 rings (SSSR count). The Morgan fingerprint density at radius 3 is 2.90 bits per heavy atom. The van der Waals surface area contributed by atoms with E-state index in [2.05, 4.69) is 11.0 Å². The minimum atomic E-state index is -0.601. The van der Waals surface area contributed by atoms with Crippen molar-refractivity contribution >= 4 is 22.5 Å². The fraction of sp³-hybridized carbons (Fsp3) is 0.471. The lowest BCUT2D eigenvalue weighted by Crippen LogP contribution is -2.45. The Bertz CT molecular complexity index is 669. The Kier molecular flexibility index (Phi) is 3.91. The number of para-hydroxylation sites is 1. The van der Waals surface area contributed by atoms with E-state index >= 15 is 0 Å². The first kappa shape index (κ1) is 14.8. The minimum Gasteiger partial charge on any atom is -0.389 e. The average Bonchev–Trinajstić information content (AvgIpc) is 2.43. The summed E-state index contributed by atoms with van der Waals surface area (Å²) in [6.07, 6.45) is 1.87. The molecule has 21 heavy (non-hydrogen) atoms. The molecule has 3 nitrogen and oxygen atoms in total. The van der Waals surface area contributed by atoms with Crippen molar-refractivity contribution in [3.8, 4) is 0 Å². The van der Waals surface area contributed by atoms with Gasteiger partial charge >= 0.3 is 0 Å². The summed E-state index contributed by atoms with van der Waals surface area (Å²) < 4.78 is 0. The third-order valence-electron chi connectivity index (χ3n) is 4.27. The van der Waals surface area contributed by atoms with E-state index in [-0.39, 0.29) is 0 Å². The first-order valence-corrected chi connectivity index (χ1v) is 7.82. The van der Waals surface area contributed by atoms with Crippen LogP contribution < -0.4 is 0 Å². The molecule has 1 fully saturated rings. The molecule has 1 aromatic carbocycles. The van der Waals surface area contributed by atoms with Crippen LogP contribution in [0, 0.1) is 6.92 Å². The highest BCUT2D eigenvalue weighted by atomic mass is 35.5. The Morgan fingerprint density at radius 1 is 1.38 bits per heavy atom. The predicted octanol–water partition coefficient (Wildman–Crippen LogP) is 3.54. The normalized spacial score (nSPS) is 23.6. The summed E-state index contributed by atoms with van der Waals surface area (Å²) in [5.74, 6) is 0. The van der Waals surface area contributed by atoms with Crippen LogP contribution in [0.1, 0.15) is 31.0 Å². The summed E-state index contributed by atoms with van der Waals surface area (Å²) >= 11 is 6.51. The molecular formula is C17H21ClN2O. The minimum absolute atomic E-state index is 0.601. The third-order valence-corrected chi connectivity index (χ3v) is 4.77. The van der Waals surface area contributed by atoms with Crippen LogP contribution in [0.5, 0.6) is 0 Å². The second-order valence-corrected chi connectivity index (χ2v) is 6.70. The molecule has 1 unspecified atom stereocenters. The molecule has 0 saturated carbocycles. The van der Waals surface area contributed by atoms with Gasteiger partial charge in [-0.1, -0.05) is 29.8 Å². The quantitative estimate of drug-likeness (QED) is 0.922. The number of aryl methyl sites for hydroxylation is 1. The molecule has 1 atom stereocenters. The van der Waals surface area contributed by atoms with Crippen molar-refractivity contribution in [3.63, 3.8) is 0 Å². The lowest BCUT2D eigenvalue weighted by Gasteiger charge is -2.36. The van der Waals surface area contributed by atoms with Gasteiger partial charge in [-0.25, -0.2) is 4.98 Å². The summed E-state index contributed by atoms with van der Waals surface area (Å²) in [6, 6.07) is 8.08. The molecule has 1 aromatic heterocycles. The molecule has 2 aromatic rings. The zero-order valence-corrected chi connectivity index (χ0v) is 13.3. The molecular weight excluding hydrogens is 284 g/mol. The summed E-state index contributed by atoms with van der Waals surface area (Å²) in [6.45, 7) is 6.31. The summed E-state index contributed by atoms with van der Waals surface area (Å²) in [5, 5.41) is 12.1. The van der Waals surface area contributed by atoms with Crippen molar-refractivity contribution in [2.24, 2.45) is 0 Å². The van der Waals surface area contributed by atoms with E-state index < -0.39 is 5.60 Å². The van der Waals surface area contributed by atoms with Gasteiger partial charge in [0.05, 0.1) is 21.8 Å². The van der Waals surface area contributed by atoms with Crippen molar-refractivity contribution in [2.45, 2.75) is 38.8 Å². The predicted molar refractivity (Wildman–Crippen MR) is 86.6 cm³/mol. The Labute approximate surface area is 130 Å². The van der Waals surface area contributed by atoms with Crippen molar-refractivity contribution < 1.29 is 5.11 Å². The number of benzene rings is 1. The van der Waals surface area contributed by atoms with Crippen molar-refractivity contribution in [1.29, 1.82) is 0 Å². The van der Waals surface area contributed by atoms with Crippen LogP contribution in [0.3, 0.4) is 0 Å². The lowest BCUT2D eigenvalue weighted by atomic mass is 9.95. The van der Waals surface area contributed by atoms with Gasteiger partial charge in [-0.3, -0.25) is 4.90 Å². The number of β-amino-alcohol motifs (C(OH)–C–C–N with tert-alkyl or cyclic N) is 1. The molecule has 0 amide bonds. The Balaban J connectivity index is 1.92. The molecule has 1 aliphatic heterocycles. The maximum atomic E-state index is 10.2. The number of pyridine rings is 1. The number of hydrogen-bond donors (Lipinski definition) is 1. The van der Waals surface area contributed by atoms with E-state index in [1.54, 1.807) is 0 Å². The van der Waals surface area contributed by atoms with Gasteiger partial charge in [0.25, 0.3) is 0 Å².